The number of hydrogen-bond donors (Lipinski definition) is 2. The molecule has 7 heteroatoms. The lowest BCUT2D eigenvalue weighted by Gasteiger charge is -2.12. The van der Waals surface area contributed by atoms with Crippen LogP contribution in [-0.2, 0) is 0 Å². The Bertz CT molecular complexity index is 431. The summed E-state index contributed by atoms with van der Waals surface area (Å²) in [6.45, 7) is 4.43. The van der Waals surface area contributed by atoms with Gasteiger partial charge in [0.2, 0.25) is 0 Å². The molecular weight excluding hydrogens is 258 g/mol. The largest absolute Gasteiger partial charge is 0.351 e. The Hall–Kier alpha value is -1.56. The van der Waals surface area contributed by atoms with Crippen molar-refractivity contribution in [1.29, 1.82) is 0 Å². The van der Waals surface area contributed by atoms with Gasteiger partial charge in [0.15, 0.2) is 0 Å². The average Bonchev–Trinajstić information content (AvgIpc) is 2.74. The van der Waals surface area contributed by atoms with Crippen molar-refractivity contribution in [2.45, 2.75) is 25.6 Å². The lowest BCUT2D eigenvalue weighted by molar-refractivity contribution is -0.384. The van der Waals surface area contributed by atoms with Crippen LogP contribution in [0.4, 0.5) is 5.69 Å². The number of alkyl halides is 1. The Morgan fingerprint density at radius 3 is 2.78 bits per heavy atom. The molecule has 0 spiro atoms. The van der Waals surface area contributed by atoms with E-state index in [-0.39, 0.29) is 16.8 Å². The highest BCUT2D eigenvalue weighted by atomic mass is 35.5. The molecule has 100 valence electrons. The van der Waals surface area contributed by atoms with Gasteiger partial charge >= 0.3 is 0 Å². The molecule has 1 amide bonds. The zero-order chi connectivity index (χ0) is 13.7. The van der Waals surface area contributed by atoms with E-state index in [4.69, 9.17) is 11.6 Å². The molecule has 0 saturated heterocycles. The summed E-state index contributed by atoms with van der Waals surface area (Å²) in [6, 6.07) is 1.20. The van der Waals surface area contributed by atoms with Crippen LogP contribution in [0, 0.1) is 16.0 Å². The zero-order valence-corrected chi connectivity index (χ0v) is 11.0. The van der Waals surface area contributed by atoms with Crippen LogP contribution in [0.2, 0.25) is 0 Å². The summed E-state index contributed by atoms with van der Waals surface area (Å²) in [4.78, 5) is 24.1. The van der Waals surface area contributed by atoms with E-state index in [1.807, 2.05) is 13.8 Å². The van der Waals surface area contributed by atoms with E-state index in [9.17, 15) is 14.9 Å². The van der Waals surface area contributed by atoms with Gasteiger partial charge in [0.25, 0.3) is 11.6 Å². The number of nitro groups is 1. The topological polar surface area (TPSA) is 88.0 Å². The summed E-state index contributed by atoms with van der Waals surface area (Å²) in [7, 11) is 0. The molecule has 2 N–H and O–H groups in total. The number of amides is 1. The van der Waals surface area contributed by atoms with Gasteiger partial charge in [-0.3, -0.25) is 14.9 Å². The number of carbonyl (C=O) groups excluding carboxylic acids is 1. The Morgan fingerprint density at radius 2 is 2.28 bits per heavy atom. The number of halogens is 1. The second kappa shape index (κ2) is 6.39. The SMILES string of the molecule is CC(C)CC(Cl)CNC(=O)c1cc([N+](=O)[O-])c[nH]1. The van der Waals surface area contributed by atoms with Crippen LogP contribution < -0.4 is 5.32 Å². The predicted molar refractivity (Wildman–Crippen MR) is 68.9 cm³/mol. The maximum atomic E-state index is 11.6. The maximum absolute atomic E-state index is 11.6. The second-order valence-corrected chi connectivity index (χ2v) is 5.08. The van der Waals surface area contributed by atoms with Gasteiger partial charge in [-0.05, 0) is 12.3 Å². The summed E-state index contributed by atoms with van der Waals surface area (Å²) < 4.78 is 0. The van der Waals surface area contributed by atoms with Gasteiger partial charge in [-0.15, -0.1) is 11.6 Å². The third-order valence-corrected chi connectivity index (χ3v) is 2.67. The quantitative estimate of drug-likeness (QED) is 0.473. The van der Waals surface area contributed by atoms with E-state index in [1.54, 1.807) is 0 Å². The van der Waals surface area contributed by atoms with Gasteiger partial charge in [0.05, 0.1) is 16.5 Å². The van der Waals surface area contributed by atoms with Crippen LogP contribution in [0.15, 0.2) is 12.3 Å². The normalized spacial score (nSPS) is 12.4. The van der Waals surface area contributed by atoms with Crippen molar-refractivity contribution in [3.63, 3.8) is 0 Å². The molecule has 1 unspecified atom stereocenters. The fourth-order valence-corrected chi connectivity index (χ4v) is 1.95. The van der Waals surface area contributed by atoms with E-state index >= 15 is 0 Å². The number of rotatable bonds is 6. The molecule has 1 aromatic rings. The Kier molecular flexibility index (Phi) is 5.15. The van der Waals surface area contributed by atoms with Gasteiger partial charge in [-0.25, -0.2) is 0 Å². The highest BCUT2D eigenvalue weighted by Gasteiger charge is 2.15. The zero-order valence-electron chi connectivity index (χ0n) is 10.3. The van der Waals surface area contributed by atoms with Gasteiger partial charge in [0.1, 0.15) is 5.69 Å². The minimum Gasteiger partial charge on any atom is -0.351 e. The molecule has 1 atom stereocenters. The van der Waals surface area contributed by atoms with Crippen molar-refractivity contribution in [2.75, 3.05) is 6.54 Å². The molecule has 0 aliphatic carbocycles. The lowest BCUT2D eigenvalue weighted by atomic mass is 10.1. The molecule has 0 saturated carbocycles. The van der Waals surface area contributed by atoms with E-state index in [2.05, 4.69) is 10.3 Å². The number of carbonyl (C=O) groups is 1. The minimum atomic E-state index is -0.559. The molecule has 0 aliphatic heterocycles. The van der Waals surface area contributed by atoms with Gasteiger partial charge in [-0.1, -0.05) is 13.8 Å². The standard InChI is InChI=1S/C11H16ClN3O3/c1-7(2)3-8(12)5-14-11(16)10-4-9(6-13-10)15(17)18/h4,6-8,13H,3,5H2,1-2H3,(H,14,16). The monoisotopic (exact) mass is 273 g/mol. The fraction of sp³-hybridized carbons (Fsp3) is 0.545. The Morgan fingerprint density at radius 1 is 1.61 bits per heavy atom. The van der Waals surface area contributed by atoms with Crippen LogP contribution in [0.25, 0.3) is 0 Å². The van der Waals surface area contributed by atoms with E-state index in [1.165, 1.54) is 12.3 Å². The number of nitrogens with one attached hydrogen (secondary N) is 2. The highest BCUT2D eigenvalue weighted by Crippen LogP contribution is 2.13. The van der Waals surface area contributed by atoms with Crippen molar-refractivity contribution < 1.29 is 9.72 Å². The summed E-state index contributed by atoms with van der Waals surface area (Å²) in [5, 5.41) is 12.9. The first kappa shape index (κ1) is 14.5. The predicted octanol–water partition coefficient (Wildman–Crippen LogP) is 2.31. The first-order valence-corrected chi connectivity index (χ1v) is 6.09. The van der Waals surface area contributed by atoms with Crippen molar-refractivity contribution in [3.8, 4) is 0 Å². The molecule has 1 aromatic heterocycles. The van der Waals surface area contributed by atoms with Crippen LogP contribution in [0.5, 0.6) is 0 Å². The number of H-pyrrole nitrogens is 1. The van der Waals surface area contributed by atoms with Crippen LogP contribution in [-0.4, -0.2) is 27.7 Å². The molecule has 0 radical (unpaired) electrons. The first-order valence-electron chi connectivity index (χ1n) is 5.65. The summed E-state index contributed by atoms with van der Waals surface area (Å²) in [6.07, 6.45) is 1.98. The Balaban J connectivity index is 2.47. The molecule has 0 fully saturated rings. The molecule has 0 aliphatic rings. The van der Waals surface area contributed by atoms with Gasteiger partial charge < -0.3 is 10.3 Å². The minimum absolute atomic E-state index is 0.134. The van der Waals surface area contributed by atoms with Crippen molar-refractivity contribution in [2.24, 2.45) is 5.92 Å². The number of aromatic nitrogens is 1. The van der Waals surface area contributed by atoms with Crippen molar-refractivity contribution >= 4 is 23.2 Å². The summed E-state index contributed by atoms with van der Waals surface area (Å²) in [5.41, 5.74) is 0.0277. The molecule has 1 rings (SSSR count). The summed E-state index contributed by atoms with van der Waals surface area (Å²) >= 11 is 6.03. The number of nitrogens with zero attached hydrogens (tertiary/aromatic N) is 1. The lowest BCUT2D eigenvalue weighted by Crippen LogP contribution is -2.30. The van der Waals surface area contributed by atoms with Crippen LogP contribution in [0.1, 0.15) is 30.8 Å². The van der Waals surface area contributed by atoms with E-state index in [0.29, 0.717) is 12.5 Å². The fourth-order valence-electron chi connectivity index (χ4n) is 1.51. The van der Waals surface area contributed by atoms with Crippen LogP contribution >= 0.6 is 11.6 Å². The molecule has 0 aromatic carbocycles. The molecular formula is C11H16ClN3O3. The molecule has 18 heavy (non-hydrogen) atoms. The maximum Gasteiger partial charge on any atom is 0.287 e. The van der Waals surface area contributed by atoms with Crippen LogP contribution in [0.3, 0.4) is 0 Å². The summed E-state index contributed by atoms with van der Waals surface area (Å²) in [5.74, 6) is 0.0634. The van der Waals surface area contributed by atoms with E-state index < -0.39 is 10.8 Å². The van der Waals surface area contributed by atoms with Crippen molar-refractivity contribution in [3.05, 3.63) is 28.1 Å². The second-order valence-electron chi connectivity index (χ2n) is 4.47. The molecule has 6 nitrogen and oxygen atoms in total. The number of hydrogen-bond acceptors (Lipinski definition) is 3. The number of aromatic amines is 1. The van der Waals surface area contributed by atoms with Crippen molar-refractivity contribution in [1.82, 2.24) is 10.3 Å². The van der Waals surface area contributed by atoms with Gasteiger partial charge in [0, 0.05) is 12.6 Å². The third kappa shape index (κ3) is 4.37. The Labute approximate surface area is 110 Å². The molecule has 0 bridgehead atoms. The van der Waals surface area contributed by atoms with Gasteiger partial charge in [-0.2, -0.15) is 0 Å². The highest BCUT2D eigenvalue weighted by molar-refractivity contribution is 6.20. The smallest absolute Gasteiger partial charge is 0.287 e. The first-order chi connectivity index (χ1) is 8.40. The average molecular weight is 274 g/mol. The molecule has 1 heterocycles. The third-order valence-electron chi connectivity index (χ3n) is 2.33. The van der Waals surface area contributed by atoms with E-state index in [0.717, 1.165) is 6.42 Å².